The van der Waals surface area contributed by atoms with Gasteiger partial charge in [0.05, 0.1) is 36.5 Å². The summed E-state index contributed by atoms with van der Waals surface area (Å²) in [6.45, 7) is 0.537. The van der Waals surface area contributed by atoms with Crippen LogP contribution in [0.5, 0.6) is 5.75 Å². The van der Waals surface area contributed by atoms with Crippen LogP contribution in [0.3, 0.4) is 0 Å². The molecule has 1 spiro atoms. The van der Waals surface area contributed by atoms with Crippen molar-refractivity contribution in [3.8, 4) is 11.8 Å². The smallest absolute Gasteiger partial charge is 0.268 e. The van der Waals surface area contributed by atoms with Gasteiger partial charge in [0.1, 0.15) is 11.6 Å². The fourth-order valence-electron chi connectivity index (χ4n) is 4.58. The Morgan fingerprint density at radius 1 is 1.18 bits per heavy atom. The molecule has 0 aromatic heterocycles. The molecule has 0 unspecified atom stereocenters. The van der Waals surface area contributed by atoms with Crippen molar-refractivity contribution >= 4 is 29.3 Å². The van der Waals surface area contributed by atoms with Crippen LogP contribution in [-0.2, 0) is 16.2 Å². The van der Waals surface area contributed by atoms with Gasteiger partial charge in [0, 0.05) is 17.9 Å². The van der Waals surface area contributed by atoms with Crippen molar-refractivity contribution in [1.29, 1.82) is 5.26 Å². The number of hydrogen-bond acceptors (Lipinski definition) is 5. The third-order valence-corrected chi connectivity index (χ3v) is 7.57. The lowest BCUT2D eigenvalue weighted by molar-refractivity contribution is -0.123. The van der Waals surface area contributed by atoms with E-state index in [1.807, 2.05) is 6.07 Å². The SMILES string of the molecule is COc1ccc2c(c1)[C@]1(SCCN1C(=O)c1ccccc1F)C(=O)N2Cc1cccc(C#N)c1. The van der Waals surface area contributed by atoms with Gasteiger partial charge in [0.25, 0.3) is 11.8 Å². The van der Waals surface area contributed by atoms with Crippen LogP contribution >= 0.6 is 11.8 Å². The second-order valence-corrected chi connectivity index (χ2v) is 9.30. The van der Waals surface area contributed by atoms with Gasteiger partial charge < -0.3 is 14.5 Å². The summed E-state index contributed by atoms with van der Waals surface area (Å²) >= 11 is 1.36. The van der Waals surface area contributed by atoms with E-state index in [9.17, 15) is 19.2 Å². The molecule has 0 radical (unpaired) electrons. The highest BCUT2D eigenvalue weighted by Gasteiger charge is 2.59. The molecular formula is C26H20FN3O3S. The third-order valence-electron chi connectivity index (χ3n) is 6.15. The van der Waals surface area contributed by atoms with Gasteiger partial charge in [-0.3, -0.25) is 9.59 Å². The highest BCUT2D eigenvalue weighted by molar-refractivity contribution is 8.01. The molecule has 2 heterocycles. The zero-order chi connectivity index (χ0) is 23.9. The number of thioether (sulfide) groups is 1. The van der Waals surface area contributed by atoms with Crippen molar-refractivity contribution in [2.75, 3.05) is 24.3 Å². The van der Waals surface area contributed by atoms with E-state index in [2.05, 4.69) is 6.07 Å². The summed E-state index contributed by atoms with van der Waals surface area (Å²) in [5.74, 6) is -0.338. The Bertz CT molecular complexity index is 1360. The van der Waals surface area contributed by atoms with Gasteiger partial charge in [-0.05, 0) is 48.0 Å². The largest absolute Gasteiger partial charge is 0.497 e. The topological polar surface area (TPSA) is 73.6 Å². The molecule has 0 saturated carbocycles. The highest BCUT2D eigenvalue weighted by atomic mass is 32.2. The number of fused-ring (bicyclic) bond motifs is 2. The Labute approximate surface area is 200 Å². The molecule has 3 aromatic rings. The number of amides is 2. The van der Waals surface area contributed by atoms with Crippen LogP contribution in [0.25, 0.3) is 0 Å². The standard InChI is InChI=1S/C26H20FN3O3S/c1-33-19-9-10-23-21(14-19)26(25(32)29(23)16-18-6-4-5-17(13-18)15-28)30(11-12-34-26)24(31)20-7-2-3-8-22(20)27/h2-10,13-14H,11-12,16H2,1H3/t26-/m0/s1. The van der Waals surface area contributed by atoms with Gasteiger partial charge in [-0.15, -0.1) is 11.8 Å². The summed E-state index contributed by atoms with van der Waals surface area (Å²) in [4.78, 5) is 29.4. The zero-order valence-corrected chi connectivity index (χ0v) is 19.1. The average Bonchev–Trinajstić information content (AvgIpc) is 3.41. The van der Waals surface area contributed by atoms with E-state index in [1.54, 1.807) is 54.5 Å². The first-order valence-electron chi connectivity index (χ1n) is 10.7. The minimum atomic E-state index is -1.32. The molecule has 0 aliphatic carbocycles. The monoisotopic (exact) mass is 473 g/mol. The minimum Gasteiger partial charge on any atom is -0.497 e. The van der Waals surface area contributed by atoms with Crippen molar-refractivity contribution in [3.05, 3.63) is 94.8 Å². The van der Waals surface area contributed by atoms with Crippen LogP contribution in [0, 0.1) is 17.1 Å². The average molecular weight is 474 g/mol. The molecular weight excluding hydrogens is 453 g/mol. The number of rotatable bonds is 4. The fraction of sp³-hybridized carbons (Fsp3) is 0.192. The Hall–Kier alpha value is -3.83. The predicted molar refractivity (Wildman–Crippen MR) is 127 cm³/mol. The van der Waals surface area contributed by atoms with Crippen molar-refractivity contribution in [2.24, 2.45) is 0 Å². The van der Waals surface area contributed by atoms with E-state index < -0.39 is 16.6 Å². The minimum absolute atomic E-state index is 0.0678. The molecule has 2 aliphatic heterocycles. The van der Waals surface area contributed by atoms with Gasteiger partial charge in [0.2, 0.25) is 0 Å². The van der Waals surface area contributed by atoms with Crippen LogP contribution < -0.4 is 9.64 Å². The van der Waals surface area contributed by atoms with Gasteiger partial charge in [-0.1, -0.05) is 24.3 Å². The van der Waals surface area contributed by atoms with Gasteiger partial charge in [0.15, 0.2) is 4.87 Å². The molecule has 1 saturated heterocycles. The Kier molecular flexibility index (Phi) is 5.50. The quantitative estimate of drug-likeness (QED) is 0.565. The number of nitrogens with zero attached hydrogens (tertiary/aromatic N) is 3. The number of ether oxygens (including phenoxy) is 1. The second kappa shape index (κ2) is 8.50. The molecule has 5 rings (SSSR count). The van der Waals surface area contributed by atoms with Crippen LogP contribution in [-0.4, -0.2) is 36.1 Å². The fourth-order valence-corrected chi connectivity index (χ4v) is 6.03. The number of hydrogen-bond donors (Lipinski definition) is 0. The molecule has 6 nitrogen and oxygen atoms in total. The summed E-state index contributed by atoms with van der Waals surface area (Å²) in [7, 11) is 1.54. The number of halogens is 1. The van der Waals surface area contributed by atoms with Crippen molar-refractivity contribution in [1.82, 2.24) is 4.90 Å². The van der Waals surface area contributed by atoms with Gasteiger partial charge in [-0.25, -0.2) is 4.39 Å². The number of methoxy groups -OCH3 is 1. The molecule has 2 aliphatic rings. The highest BCUT2D eigenvalue weighted by Crippen LogP contribution is 2.55. The lowest BCUT2D eigenvalue weighted by atomic mass is 10.0. The molecule has 0 N–H and O–H groups in total. The molecule has 34 heavy (non-hydrogen) atoms. The summed E-state index contributed by atoms with van der Waals surface area (Å²) in [5, 5.41) is 9.26. The maximum Gasteiger partial charge on any atom is 0.268 e. The van der Waals surface area contributed by atoms with E-state index in [0.29, 0.717) is 34.9 Å². The predicted octanol–water partition coefficient (Wildman–Crippen LogP) is 4.29. The molecule has 8 heteroatoms. The number of carbonyl (C=O) groups excluding carboxylic acids is 2. The van der Waals surface area contributed by atoms with Gasteiger partial charge >= 0.3 is 0 Å². The Balaban J connectivity index is 1.62. The van der Waals surface area contributed by atoms with Crippen molar-refractivity contribution < 1.29 is 18.7 Å². The Morgan fingerprint density at radius 2 is 2.00 bits per heavy atom. The molecule has 170 valence electrons. The Morgan fingerprint density at radius 3 is 2.76 bits per heavy atom. The van der Waals surface area contributed by atoms with Crippen LogP contribution in [0.4, 0.5) is 10.1 Å². The molecule has 1 atom stereocenters. The summed E-state index contributed by atoms with van der Waals surface area (Å²) in [5.41, 5.74) is 2.53. The van der Waals surface area contributed by atoms with Gasteiger partial charge in [-0.2, -0.15) is 5.26 Å². The molecule has 2 amide bonds. The normalized spacial score (nSPS) is 18.8. The first-order valence-corrected chi connectivity index (χ1v) is 11.7. The molecule has 3 aromatic carbocycles. The first kappa shape index (κ1) is 22.0. The lowest BCUT2D eigenvalue weighted by Gasteiger charge is -2.33. The third kappa shape index (κ3) is 3.32. The van der Waals surface area contributed by atoms with E-state index in [0.717, 1.165) is 5.56 Å². The second-order valence-electron chi connectivity index (χ2n) is 8.02. The van der Waals surface area contributed by atoms with Crippen LogP contribution in [0.2, 0.25) is 0 Å². The number of nitriles is 1. The van der Waals surface area contributed by atoms with Crippen molar-refractivity contribution in [3.63, 3.8) is 0 Å². The molecule has 1 fully saturated rings. The van der Waals surface area contributed by atoms with Crippen LogP contribution in [0.15, 0.2) is 66.7 Å². The maximum absolute atomic E-state index is 14.5. The summed E-state index contributed by atoms with van der Waals surface area (Å²) < 4.78 is 19.9. The number of anilines is 1. The van der Waals surface area contributed by atoms with E-state index in [-0.39, 0.29) is 18.0 Å². The van der Waals surface area contributed by atoms with E-state index in [1.165, 1.54) is 34.9 Å². The summed E-state index contributed by atoms with van der Waals surface area (Å²) in [6, 6.07) is 20.4. The lowest BCUT2D eigenvalue weighted by Crippen LogP contribution is -2.50. The number of benzene rings is 3. The van der Waals surface area contributed by atoms with E-state index in [4.69, 9.17) is 4.74 Å². The van der Waals surface area contributed by atoms with Crippen LogP contribution in [0.1, 0.15) is 27.0 Å². The van der Waals surface area contributed by atoms with E-state index >= 15 is 0 Å². The van der Waals surface area contributed by atoms with Crippen molar-refractivity contribution in [2.45, 2.75) is 11.4 Å². The zero-order valence-electron chi connectivity index (χ0n) is 18.3. The summed E-state index contributed by atoms with van der Waals surface area (Å²) in [6.07, 6.45) is 0. The first-order chi connectivity index (χ1) is 16.5. The molecule has 0 bridgehead atoms. The maximum atomic E-state index is 14.5. The number of carbonyl (C=O) groups is 2.